The molecule has 0 unspecified atom stereocenters. The molecule has 0 bridgehead atoms. The number of halogens is 1. The highest BCUT2D eigenvalue weighted by Gasteiger charge is 2.31. The van der Waals surface area contributed by atoms with E-state index in [4.69, 9.17) is 4.74 Å². The van der Waals surface area contributed by atoms with Crippen LogP contribution in [0.15, 0.2) is 63.0 Å². The Morgan fingerprint density at radius 2 is 1.80 bits per heavy atom. The number of amides is 1. The van der Waals surface area contributed by atoms with E-state index in [2.05, 4.69) is 26.5 Å². The van der Waals surface area contributed by atoms with Crippen molar-refractivity contribution >= 4 is 38.1 Å². The highest BCUT2D eigenvalue weighted by atomic mass is 79.9. The van der Waals surface area contributed by atoms with Gasteiger partial charge in [0.2, 0.25) is 10.0 Å². The van der Waals surface area contributed by atoms with E-state index < -0.39 is 10.0 Å². The van der Waals surface area contributed by atoms with Gasteiger partial charge in [0.1, 0.15) is 5.75 Å². The number of rotatable bonds is 7. The number of carbonyl (C=O) groups excluding carboxylic acids is 1. The Bertz CT molecular complexity index is 986. The maximum atomic E-state index is 12.7. The zero-order valence-electron chi connectivity index (χ0n) is 16.5. The number of quaternary nitrogens is 1. The molecule has 3 rings (SSSR count). The molecular weight excluding hydrogens is 472 g/mol. The van der Waals surface area contributed by atoms with Crippen molar-refractivity contribution in [1.29, 1.82) is 0 Å². The maximum Gasteiger partial charge on any atom is 0.295 e. The Kier molecular flexibility index (Phi) is 7.59. The normalized spacial score (nSPS) is 15.9. The predicted molar refractivity (Wildman–Crippen MR) is 117 cm³/mol. The van der Waals surface area contributed by atoms with E-state index in [0.717, 1.165) is 20.7 Å². The van der Waals surface area contributed by atoms with Crippen LogP contribution in [0.4, 0.5) is 0 Å². The highest BCUT2D eigenvalue weighted by Crippen LogP contribution is 2.18. The van der Waals surface area contributed by atoms with Gasteiger partial charge in [-0.15, -0.1) is 0 Å². The number of nitrogens with zero attached hydrogens (tertiary/aromatic N) is 2. The molecule has 1 saturated heterocycles. The minimum absolute atomic E-state index is 0.209. The van der Waals surface area contributed by atoms with E-state index >= 15 is 0 Å². The third-order valence-electron chi connectivity index (χ3n) is 4.81. The lowest BCUT2D eigenvalue weighted by Crippen LogP contribution is -3.15. The molecule has 10 heteroatoms. The smallest absolute Gasteiger partial charge is 0.295 e. The Balaban J connectivity index is 1.46. The average Bonchev–Trinajstić information content (AvgIpc) is 2.75. The van der Waals surface area contributed by atoms with Crippen LogP contribution in [0.25, 0.3) is 0 Å². The van der Waals surface area contributed by atoms with Crippen LogP contribution in [0.2, 0.25) is 0 Å². The number of hydrogen-bond acceptors (Lipinski definition) is 5. The number of sulfonamides is 1. The van der Waals surface area contributed by atoms with E-state index in [0.29, 0.717) is 26.2 Å². The lowest BCUT2D eigenvalue weighted by Gasteiger charge is -2.31. The molecule has 1 aliphatic heterocycles. The lowest BCUT2D eigenvalue weighted by atomic mass is 10.2. The summed E-state index contributed by atoms with van der Waals surface area (Å²) in [7, 11) is -1.92. The van der Waals surface area contributed by atoms with Crippen LogP contribution in [0.1, 0.15) is 5.56 Å². The maximum absolute atomic E-state index is 12.7. The van der Waals surface area contributed by atoms with Gasteiger partial charge < -0.3 is 9.64 Å². The van der Waals surface area contributed by atoms with Crippen molar-refractivity contribution < 1.29 is 22.8 Å². The van der Waals surface area contributed by atoms with E-state index in [1.165, 1.54) is 4.31 Å². The first-order chi connectivity index (χ1) is 14.4. The van der Waals surface area contributed by atoms with Gasteiger partial charge in [-0.1, -0.05) is 15.9 Å². The summed E-state index contributed by atoms with van der Waals surface area (Å²) in [5.41, 5.74) is 3.36. The van der Waals surface area contributed by atoms with Crippen molar-refractivity contribution in [2.24, 2.45) is 5.10 Å². The van der Waals surface area contributed by atoms with Gasteiger partial charge >= 0.3 is 0 Å². The van der Waals surface area contributed by atoms with Gasteiger partial charge in [-0.05, 0) is 54.1 Å². The van der Waals surface area contributed by atoms with Crippen molar-refractivity contribution in [3.8, 4) is 5.75 Å². The molecule has 2 aromatic rings. The molecule has 2 N–H and O–H groups in total. The first-order valence-electron chi connectivity index (χ1n) is 9.44. The predicted octanol–water partition coefficient (Wildman–Crippen LogP) is 0.497. The standard InChI is InChI=1S/C20H23BrN4O4S/c1-29-18-6-2-16(3-7-18)14-22-23-20(26)15-24-10-12-25(13-11-24)30(27,28)19-8-4-17(21)5-9-19/h2-9,14H,10-13,15H2,1H3,(H,23,26)/p+1/b22-14+. The molecule has 1 fully saturated rings. The number of carbonyl (C=O) groups is 1. The summed E-state index contributed by atoms with van der Waals surface area (Å²) < 4.78 is 32.9. The fourth-order valence-corrected chi connectivity index (χ4v) is 4.82. The van der Waals surface area contributed by atoms with E-state index in [-0.39, 0.29) is 17.3 Å². The van der Waals surface area contributed by atoms with Crippen molar-refractivity contribution in [1.82, 2.24) is 9.73 Å². The van der Waals surface area contributed by atoms with Crippen LogP contribution >= 0.6 is 15.9 Å². The largest absolute Gasteiger partial charge is 0.497 e. The van der Waals surface area contributed by atoms with Gasteiger partial charge in [-0.25, -0.2) is 13.8 Å². The summed E-state index contributed by atoms with van der Waals surface area (Å²) in [5.74, 6) is 0.542. The molecule has 30 heavy (non-hydrogen) atoms. The first kappa shape index (κ1) is 22.4. The summed E-state index contributed by atoms with van der Waals surface area (Å²) >= 11 is 3.31. The monoisotopic (exact) mass is 495 g/mol. The highest BCUT2D eigenvalue weighted by molar-refractivity contribution is 9.10. The molecule has 1 aliphatic rings. The van der Waals surface area contributed by atoms with Gasteiger partial charge in [0, 0.05) is 4.47 Å². The van der Waals surface area contributed by atoms with Crippen LogP contribution in [0.5, 0.6) is 5.75 Å². The fraction of sp³-hybridized carbons (Fsp3) is 0.300. The molecule has 1 amide bonds. The Morgan fingerprint density at radius 1 is 1.17 bits per heavy atom. The Morgan fingerprint density at radius 3 is 2.40 bits per heavy atom. The molecular formula is C20H24BrN4O4S+. The summed E-state index contributed by atoms with van der Waals surface area (Å²) in [6, 6.07) is 13.9. The second kappa shape index (κ2) is 10.2. The number of nitrogens with one attached hydrogen (secondary N) is 2. The van der Waals surface area contributed by atoms with Crippen molar-refractivity contribution in [2.75, 3.05) is 39.8 Å². The topological polar surface area (TPSA) is 92.5 Å². The lowest BCUT2D eigenvalue weighted by molar-refractivity contribution is -0.895. The number of benzene rings is 2. The van der Waals surface area contributed by atoms with Gasteiger partial charge in [-0.3, -0.25) is 4.79 Å². The van der Waals surface area contributed by atoms with Gasteiger partial charge in [0.15, 0.2) is 6.54 Å². The quantitative estimate of drug-likeness (QED) is 0.432. The minimum atomic E-state index is -3.51. The van der Waals surface area contributed by atoms with Crippen molar-refractivity contribution in [2.45, 2.75) is 4.90 Å². The molecule has 160 valence electrons. The zero-order valence-corrected chi connectivity index (χ0v) is 18.9. The SMILES string of the molecule is COc1ccc(/C=N/NC(=O)C[NH+]2CCN(S(=O)(=O)c3ccc(Br)cc3)CC2)cc1. The molecule has 0 aromatic heterocycles. The average molecular weight is 496 g/mol. The number of piperazine rings is 1. The third kappa shape index (κ3) is 5.88. The van der Waals surface area contributed by atoms with Gasteiger partial charge in [-0.2, -0.15) is 9.41 Å². The third-order valence-corrected chi connectivity index (χ3v) is 7.25. The summed E-state index contributed by atoms with van der Waals surface area (Å²) in [4.78, 5) is 13.4. The molecule has 0 radical (unpaired) electrons. The van der Waals surface area contributed by atoms with Gasteiger partial charge in [0.05, 0.1) is 44.4 Å². The Labute approximate surface area is 184 Å². The summed E-state index contributed by atoms with van der Waals surface area (Å²) in [5, 5.41) is 3.97. The van der Waals surface area contributed by atoms with Crippen LogP contribution in [-0.2, 0) is 14.8 Å². The zero-order chi connectivity index (χ0) is 21.6. The molecule has 0 saturated carbocycles. The van der Waals surface area contributed by atoms with Crippen molar-refractivity contribution in [3.63, 3.8) is 0 Å². The first-order valence-corrected chi connectivity index (χ1v) is 11.7. The number of methoxy groups -OCH3 is 1. The summed E-state index contributed by atoms with van der Waals surface area (Å²) in [6.07, 6.45) is 1.56. The molecule has 0 aliphatic carbocycles. The minimum Gasteiger partial charge on any atom is -0.497 e. The molecule has 2 aromatic carbocycles. The van der Waals surface area contributed by atoms with Crippen LogP contribution < -0.4 is 15.1 Å². The van der Waals surface area contributed by atoms with Crippen molar-refractivity contribution in [3.05, 3.63) is 58.6 Å². The summed E-state index contributed by atoms with van der Waals surface area (Å²) in [6.45, 7) is 2.11. The second-order valence-electron chi connectivity index (χ2n) is 6.85. The molecule has 0 spiro atoms. The van der Waals surface area contributed by atoms with E-state index in [1.807, 2.05) is 24.3 Å². The van der Waals surface area contributed by atoms with Crippen LogP contribution in [0, 0.1) is 0 Å². The van der Waals surface area contributed by atoms with Gasteiger partial charge in [0.25, 0.3) is 5.91 Å². The fourth-order valence-electron chi connectivity index (χ4n) is 3.11. The Hall–Kier alpha value is -2.27. The number of hydrazone groups is 1. The van der Waals surface area contributed by atoms with E-state index in [9.17, 15) is 13.2 Å². The van der Waals surface area contributed by atoms with Crippen LogP contribution in [-0.4, -0.2) is 64.7 Å². The second-order valence-corrected chi connectivity index (χ2v) is 9.70. The number of hydrogen-bond donors (Lipinski definition) is 2. The van der Waals surface area contributed by atoms with Crippen LogP contribution in [0.3, 0.4) is 0 Å². The molecule has 8 nitrogen and oxygen atoms in total. The molecule has 0 atom stereocenters. The van der Waals surface area contributed by atoms with E-state index in [1.54, 1.807) is 37.6 Å². The molecule has 1 heterocycles. The number of ether oxygens (including phenoxy) is 1.